The monoisotopic (exact) mass is 334 g/mol. The molecule has 2 heterocycles. The van der Waals surface area contributed by atoms with Crippen molar-refractivity contribution in [3.8, 4) is 11.4 Å². The summed E-state index contributed by atoms with van der Waals surface area (Å²) in [6.45, 7) is 8.28. The highest BCUT2D eigenvalue weighted by Crippen LogP contribution is 2.13. The van der Waals surface area contributed by atoms with Gasteiger partial charge in [0.05, 0.1) is 5.69 Å². The number of aromatic nitrogens is 2. The number of rotatable bonds is 4. The SMILES string of the molecule is CCN1CCN(Cc2cc(=O)[nH]c(-c3ccccc3)n2)CC1.Cl. The molecule has 5 nitrogen and oxygen atoms in total. The van der Waals surface area contributed by atoms with Crippen molar-refractivity contribution >= 4 is 12.4 Å². The average Bonchev–Trinajstić information content (AvgIpc) is 2.56. The summed E-state index contributed by atoms with van der Waals surface area (Å²) in [6.07, 6.45) is 0. The maximum atomic E-state index is 11.9. The number of benzene rings is 1. The highest BCUT2D eigenvalue weighted by molar-refractivity contribution is 5.85. The number of halogens is 1. The molecule has 1 aliphatic rings. The Morgan fingerprint density at radius 2 is 1.74 bits per heavy atom. The highest BCUT2D eigenvalue weighted by atomic mass is 35.5. The predicted molar refractivity (Wildman–Crippen MR) is 94.9 cm³/mol. The third-order valence-corrected chi connectivity index (χ3v) is 4.14. The van der Waals surface area contributed by atoms with Crippen molar-refractivity contribution in [3.63, 3.8) is 0 Å². The molecule has 0 radical (unpaired) electrons. The Kier molecular flexibility index (Phi) is 6.33. The second-order valence-corrected chi connectivity index (χ2v) is 5.66. The summed E-state index contributed by atoms with van der Waals surface area (Å²) >= 11 is 0. The van der Waals surface area contributed by atoms with Crippen LogP contribution in [0.5, 0.6) is 0 Å². The van der Waals surface area contributed by atoms with Gasteiger partial charge in [0.25, 0.3) is 5.56 Å². The largest absolute Gasteiger partial charge is 0.307 e. The molecule has 1 saturated heterocycles. The van der Waals surface area contributed by atoms with Gasteiger partial charge in [0.2, 0.25) is 0 Å². The van der Waals surface area contributed by atoms with Gasteiger partial charge >= 0.3 is 0 Å². The summed E-state index contributed by atoms with van der Waals surface area (Å²) in [5, 5.41) is 0. The summed E-state index contributed by atoms with van der Waals surface area (Å²) in [5.41, 5.74) is 1.70. The Morgan fingerprint density at radius 1 is 1.09 bits per heavy atom. The smallest absolute Gasteiger partial charge is 0.251 e. The number of H-pyrrole nitrogens is 1. The maximum Gasteiger partial charge on any atom is 0.251 e. The fraction of sp³-hybridized carbons (Fsp3) is 0.412. The Labute approximate surface area is 142 Å². The average molecular weight is 335 g/mol. The lowest BCUT2D eigenvalue weighted by Crippen LogP contribution is -2.45. The van der Waals surface area contributed by atoms with E-state index in [-0.39, 0.29) is 18.0 Å². The number of hydrogen-bond donors (Lipinski definition) is 1. The van der Waals surface area contributed by atoms with Crippen molar-refractivity contribution in [2.24, 2.45) is 0 Å². The van der Waals surface area contributed by atoms with Crippen LogP contribution in [0.3, 0.4) is 0 Å². The summed E-state index contributed by atoms with van der Waals surface area (Å²) < 4.78 is 0. The van der Waals surface area contributed by atoms with Crippen LogP contribution >= 0.6 is 12.4 Å². The van der Waals surface area contributed by atoms with Crippen molar-refractivity contribution in [3.05, 3.63) is 52.4 Å². The maximum absolute atomic E-state index is 11.9. The second kappa shape index (κ2) is 8.24. The molecule has 3 rings (SSSR count). The van der Waals surface area contributed by atoms with Gasteiger partial charge in [-0.3, -0.25) is 9.69 Å². The molecule has 124 valence electrons. The number of nitrogens with one attached hydrogen (secondary N) is 1. The van der Waals surface area contributed by atoms with Crippen LogP contribution in [0, 0.1) is 0 Å². The lowest BCUT2D eigenvalue weighted by molar-refractivity contribution is 0.131. The molecule has 23 heavy (non-hydrogen) atoms. The fourth-order valence-electron chi connectivity index (χ4n) is 2.81. The van der Waals surface area contributed by atoms with E-state index in [2.05, 4.69) is 26.7 Å². The first-order valence-electron chi connectivity index (χ1n) is 7.85. The standard InChI is InChI=1S/C17H22N4O.ClH/c1-2-20-8-10-21(11-9-20)13-15-12-16(22)19-17(18-15)14-6-4-3-5-7-14;/h3-7,12H,2,8-11,13H2,1H3,(H,18,19,22);1H. The predicted octanol–water partition coefficient (Wildman–Crippen LogP) is 2.00. The molecule has 0 bridgehead atoms. The number of likely N-dealkylation sites (N-methyl/N-ethyl adjacent to an activating group) is 1. The first-order chi connectivity index (χ1) is 10.7. The Morgan fingerprint density at radius 3 is 2.39 bits per heavy atom. The van der Waals surface area contributed by atoms with Gasteiger partial charge in [0.1, 0.15) is 5.82 Å². The van der Waals surface area contributed by atoms with Crippen LogP contribution in [-0.2, 0) is 6.54 Å². The zero-order valence-electron chi connectivity index (χ0n) is 13.4. The summed E-state index contributed by atoms with van der Waals surface area (Å²) in [5.74, 6) is 0.648. The molecule has 1 N–H and O–H groups in total. The number of nitrogens with zero attached hydrogens (tertiary/aromatic N) is 3. The third kappa shape index (κ3) is 4.64. The normalized spacial score (nSPS) is 16.0. The molecule has 0 saturated carbocycles. The van der Waals surface area contributed by atoms with Crippen molar-refractivity contribution in [1.29, 1.82) is 0 Å². The van der Waals surface area contributed by atoms with Gasteiger partial charge in [-0.1, -0.05) is 37.3 Å². The van der Waals surface area contributed by atoms with E-state index in [0.717, 1.165) is 50.5 Å². The minimum Gasteiger partial charge on any atom is -0.307 e. The molecule has 0 spiro atoms. The van der Waals surface area contributed by atoms with Gasteiger partial charge in [0, 0.05) is 44.4 Å². The van der Waals surface area contributed by atoms with Gasteiger partial charge < -0.3 is 9.88 Å². The van der Waals surface area contributed by atoms with Crippen molar-refractivity contribution < 1.29 is 0 Å². The van der Waals surface area contributed by atoms with Crippen molar-refractivity contribution in [1.82, 2.24) is 19.8 Å². The topological polar surface area (TPSA) is 52.2 Å². The van der Waals surface area contributed by atoms with Crippen LogP contribution in [0.1, 0.15) is 12.6 Å². The summed E-state index contributed by atoms with van der Waals surface area (Å²) in [4.78, 5) is 24.2. The third-order valence-electron chi connectivity index (χ3n) is 4.14. The zero-order valence-corrected chi connectivity index (χ0v) is 14.2. The Hall–Kier alpha value is -1.69. The van der Waals surface area contributed by atoms with Crippen molar-refractivity contribution in [2.45, 2.75) is 13.5 Å². The molecule has 1 aromatic carbocycles. The van der Waals surface area contributed by atoms with Crippen LogP contribution < -0.4 is 5.56 Å². The van der Waals surface area contributed by atoms with Crippen LogP contribution in [-0.4, -0.2) is 52.5 Å². The van der Waals surface area contributed by atoms with E-state index in [9.17, 15) is 4.79 Å². The van der Waals surface area contributed by atoms with Crippen molar-refractivity contribution in [2.75, 3.05) is 32.7 Å². The van der Waals surface area contributed by atoms with E-state index in [1.165, 1.54) is 0 Å². The van der Waals surface area contributed by atoms with E-state index in [1.807, 2.05) is 30.3 Å². The first-order valence-corrected chi connectivity index (χ1v) is 7.85. The lowest BCUT2D eigenvalue weighted by Gasteiger charge is -2.33. The van der Waals surface area contributed by atoms with E-state index in [0.29, 0.717) is 5.82 Å². The van der Waals surface area contributed by atoms with Gasteiger partial charge in [-0.05, 0) is 6.54 Å². The number of piperazine rings is 1. The molecule has 1 fully saturated rings. The van der Waals surface area contributed by atoms with Gasteiger partial charge in [-0.2, -0.15) is 0 Å². The molecule has 0 amide bonds. The molecular formula is C17H23ClN4O. The van der Waals surface area contributed by atoms with E-state index < -0.39 is 0 Å². The molecule has 2 aromatic rings. The quantitative estimate of drug-likeness (QED) is 0.929. The minimum absolute atomic E-state index is 0. The Bertz CT molecular complexity index is 666. The zero-order chi connectivity index (χ0) is 15.4. The summed E-state index contributed by atoms with van der Waals surface area (Å²) in [6, 6.07) is 11.4. The molecule has 0 atom stereocenters. The highest BCUT2D eigenvalue weighted by Gasteiger charge is 2.16. The first kappa shape index (κ1) is 17.7. The second-order valence-electron chi connectivity index (χ2n) is 5.66. The molecule has 0 aliphatic carbocycles. The van der Waals surface area contributed by atoms with Gasteiger partial charge in [0.15, 0.2) is 0 Å². The molecule has 1 aromatic heterocycles. The number of aromatic amines is 1. The molecule has 1 aliphatic heterocycles. The lowest BCUT2D eigenvalue weighted by atomic mass is 10.2. The molecule has 6 heteroatoms. The van der Waals surface area contributed by atoms with Gasteiger partial charge in [-0.15, -0.1) is 12.4 Å². The van der Waals surface area contributed by atoms with E-state index in [1.54, 1.807) is 6.07 Å². The van der Waals surface area contributed by atoms with Crippen LogP contribution in [0.15, 0.2) is 41.2 Å². The minimum atomic E-state index is -0.0870. The van der Waals surface area contributed by atoms with Crippen LogP contribution in [0.2, 0.25) is 0 Å². The number of hydrogen-bond acceptors (Lipinski definition) is 4. The van der Waals surface area contributed by atoms with Crippen LogP contribution in [0.25, 0.3) is 11.4 Å². The molecule has 0 unspecified atom stereocenters. The van der Waals surface area contributed by atoms with Gasteiger partial charge in [-0.25, -0.2) is 4.98 Å². The molecular weight excluding hydrogens is 312 g/mol. The van der Waals surface area contributed by atoms with Crippen LogP contribution in [0.4, 0.5) is 0 Å². The van der Waals surface area contributed by atoms with E-state index in [4.69, 9.17) is 0 Å². The Balaban J connectivity index is 0.00000192. The van der Waals surface area contributed by atoms with E-state index >= 15 is 0 Å². The summed E-state index contributed by atoms with van der Waals surface area (Å²) in [7, 11) is 0. The fourth-order valence-corrected chi connectivity index (χ4v) is 2.81.